The van der Waals surface area contributed by atoms with Gasteiger partial charge in [-0.15, -0.1) is 0 Å². The van der Waals surface area contributed by atoms with Gasteiger partial charge in [-0.05, 0) is 54.3 Å². The summed E-state index contributed by atoms with van der Waals surface area (Å²) in [4.78, 5) is 27.0. The van der Waals surface area contributed by atoms with E-state index in [9.17, 15) is 14.0 Å². The highest BCUT2D eigenvalue weighted by molar-refractivity contribution is 6.30. The first-order chi connectivity index (χ1) is 13.7. The molecule has 2 aromatic carbocycles. The lowest BCUT2D eigenvalue weighted by atomic mass is 10.0. The molecule has 0 aliphatic heterocycles. The molecule has 2 rings (SSSR count). The second-order valence-corrected chi connectivity index (χ2v) is 7.76. The number of halogens is 2. The zero-order valence-corrected chi connectivity index (χ0v) is 17.8. The van der Waals surface area contributed by atoms with Crippen LogP contribution in [-0.2, 0) is 11.3 Å². The summed E-state index contributed by atoms with van der Waals surface area (Å²) in [5.74, 6) is -0.723. The lowest BCUT2D eigenvalue weighted by Gasteiger charge is -2.26. The fourth-order valence-corrected chi connectivity index (χ4v) is 3.09. The third-order valence-electron chi connectivity index (χ3n) is 4.43. The molecule has 0 heterocycles. The van der Waals surface area contributed by atoms with Crippen molar-refractivity contribution in [3.05, 3.63) is 64.4 Å². The van der Waals surface area contributed by atoms with Crippen LogP contribution in [0, 0.1) is 11.7 Å². The van der Waals surface area contributed by atoms with Crippen LogP contribution in [0.15, 0.2) is 42.5 Å². The van der Waals surface area contributed by atoms with E-state index < -0.39 is 11.9 Å². The summed E-state index contributed by atoms with van der Waals surface area (Å²) in [5, 5.41) is 3.34. The van der Waals surface area contributed by atoms with Crippen molar-refractivity contribution in [2.45, 2.75) is 32.9 Å². The lowest BCUT2D eigenvalue weighted by Crippen LogP contribution is -2.47. The lowest BCUT2D eigenvalue weighted by molar-refractivity contribution is -0.132. The topological polar surface area (TPSA) is 58.6 Å². The molecule has 1 atom stereocenters. The van der Waals surface area contributed by atoms with E-state index in [1.807, 2.05) is 13.8 Å². The fraction of sp³-hybridized carbons (Fsp3) is 0.364. The molecule has 0 saturated heterocycles. The molecule has 156 valence electrons. The van der Waals surface area contributed by atoms with Gasteiger partial charge in [-0.2, -0.15) is 0 Å². The molecule has 2 amide bonds. The van der Waals surface area contributed by atoms with E-state index in [-0.39, 0.29) is 30.0 Å². The number of carbonyl (C=O) groups is 2. The molecule has 2 aromatic rings. The first-order valence-electron chi connectivity index (χ1n) is 9.35. The molecule has 0 radical (unpaired) electrons. The zero-order chi connectivity index (χ0) is 21.6. The van der Waals surface area contributed by atoms with Gasteiger partial charge < -0.3 is 15.0 Å². The molecule has 1 N–H and O–H groups in total. The van der Waals surface area contributed by atoms with E-state index in [1.165, 1.54) is 24.1 Å². The molecular weight excluding hydrogens is 395 g/mol. The number of nitrogens with zero attached hydrogens (tertiary/aromatic N) is 1. The maximum atomic E-state index is 13.9. The van der Waals surface area contributed by atoms with Gasteiger partial charge in [-0.3, -0.25) is 9.59 Å². The van der Waals surface area contributed by atoms with Crippen LogP contribution in [0.3, 0.4) is 0 Å². The highest BCUT2D eigenvalue weighted by Crippen LogP contribution is 2.19. The standard InChI is InChI=1S/C22H26ClFN2O3/c1-14(2)11-19(25-21(27)16-6-8-17(23)9-7-16)22(28)26(3)13-15-5-10-20(29-4)18(24)12-15/h5-10,12,14,19H,11,13H2,1-4H3,(H,25,27). The summed E-state index contributed by atoms with van der Waals surface area (Å²) in [6, 6.07) is 10.3. The number of hydrogen-bond donors (Lipinski definition) is 1. The Labute approximate surface area is 175 Å². The smallest absolute Gasteiger partial charge is 0.251 e. The Hall–Kier alpha value is -2.60. The number of ether oxygens (including phenoxy) is 1. The molecule has 0 spiro atoms. The summed E-state index contributed by atoms with van der Waals surface area (Å²) >= 11 is 5.86. The van der Waals surface area contributed by atoms with Crippen LogP contribution in [0.1, 0.15) is 36.2 Å². The second-order valence-electron chi connectivity index (χ2n) is 7.33. The summed E-state index contributed by atoms with van der Waals surface area (Å²) in [6.07, 6.45) is 0.486. The molecule has 1 unspecified atom stereocenters. The van der Waals surface area contributed by atoms with Crippen molar-refractivity contribution in [2.24, 2.45) is 5.92 Å². The highest BCUT2D eigenvalue weighted by atomic mass is 35.5. The number of amides is 2. The summed E-state index contributed by atoms with van der Waals surface area (Å²) in [6.45, 7) is 4.17. The van der Waals surface area contributed by atoms with Gasteiger partial charge in [-0.1, -0.05) is 31.5 Å². The van der Waals surface area contributed by atoms with Gasteiger partial charge in [0.1, 0.15) is 6.04 Å². The molecule has 7 heteroatoms. The van der Waals surface area contributed by atoms with E-state index >= 15 is 0 Å². The first-order valence-corrected chi connectivity index (χ1v) is 9.73. The Kier molecular flexibility index (Phi) is 8.02. The average molecular weight is 421 g/mol. The number of rotatable bonds is 8. The second kappa shape index (κ2) is 10.3. The summed E-state index contributed by atoms with van der Waals surface area (Å²) < 4.78 is 18.8. The SMILES string of the molecule is COc1ccc(CN(C)C(=O)C(CC(C)C)NC(=O)c2ccc(Cl)cc2)cc1F. The molecule has 0 bridgehead atoms. The molecule has 0 fully saturated rings. The van der Waals surface area contributed by atoms with E-state index in [0.29, 0.717) is 22.6 Å². The van der Waals surface area contributed by atoms with Crippen molar-refractivity contribution in [3.8, 4) is 5.75 Å². The van der Waals surface area contributed by atoms with Gasteiger partial charge in [0.25, 0.3) is 5.91 Å². The van der Waals surface area contributed by atoms with Gasteiger partial charge >= 0.3 is 0 Å². The van der Waals surface area contributed by atoms with Crippen LogP contribution in [-0.4, -0.2) is 36.9 Å². The molecule has 5 nitrogen and oxygen atoms in total. The maximum absolute atomic E-state index is 13.9. The van der Waals surface area contributed by atoms with Gasteiger partial charge in [0, 0.05) is 24.2 Å². The Bertz CT molecular complexity index is 856. The maximum Gasteiger partial charge on any atom is 0.251 e. The van der Waals surface area contributed by atoms with Crippen molar-refractivity contribution in [1.82, 2.24) is 10.2 Å². The molecule has 0 aromatic heterocycles. The number of benzene rings is 2. The van der Waals surface area contributed by atoms with Crippen LogP contribution >= 0.6 is 11.6 Å². The molecule has 0 aliphatic rings. The largest absolute Gasteiger partial charge is 0.494 e. The average Bonchev–Trinajstić information content (AvgIpc) is 2.67. The third kappa shape index (κ3) is 6.46. The Morgan fingerprint density at radius 1 is 1.17 bits per heavy atom. The Morgan fingerprint density at radius 3 is 2.38 bits per heavy atom. The van der Waals surface area contributed by atoms with E-state index in [4.69, 9.17) is 16.3 Å². The number of hydrogen-bond acceptors (Lipinski definition) is 3. The Balaban J connectivity index is 2.11. The van der Waals surface area contributed by atoms with Crippen molar-refractivity contribution in [2.75, 3.05) is 14.2 Å². The number of carbonyl (C=O) groups excluding carboxylic acids is 2. The van der Waals surface area contributed by atoms with Gasteiger partial charge in [0.05, 0.1) is 7.11 Å². The third-order valence-corrected chi connectivity index (χ3v) is 4.68. The zero-order valence-electron chi connectivity index (χ0n) is 17.0. The number of likely N-dealkylation sites (N-methyl/N-ethyl adjacent to an activating group) is 1. The van der Waals surface area contributed by atoms with E-state index in [1.54, 1.807) is 37.4 Å². The quantitative estimate of drug-likeness (QED) is 0.693. The van der Waals surface area contributed by atoms with Crippen molar-refractivity contribution in [3.63, 3.8) is 0 Å². The normalized spacial score (nSPS) is 11.8. The van der Waals surface area contributed by atoms with Gasteiger partial charge in [0.15, 0.2) is 11.6 Å². The Morgan fingerprint density at radius 2 is 1.83 bits per heavy atom. The van der Waals surface area contributed by atoms with Crippen LogP contribution in [0.5, 0.6) is 5.75 Å². The molecular formula is C22H26ClFN2O3. The minimum absolute atomic E-state index is 0.149. The van der Waals surface area contributed by atoms with Gasteiger partial charge in [-0.25, -0.2) is 4.39 Å². The minimum Gasteiger partial charge on any atom is -0.494 e. The first kappa shape index (κ1) is 22.7. The minimum atomic E-state index is -0.689. The predicted molar refractivity (Wildman–Crippen MR) is 112 cm³/mol. The number of nitrogens with one attached hydrogen (secondary N) is 1. The monoisotopic (exact) mass is 420 g/mol. The van der Waals surface area contributed by atoms with Crippen LogP contribution < -0.4 is 10.1 Å². The van der Waals surface area contributed by atoms with Crippen LogP contribution in [0.4, 0.5) is 4.39 Å². The van der Waals surface area contributed by atoms with Crippen LogP contribution in [0.2, 0.25) is 5.02 Å². The highest BCUT2D eigenvalue weighted by Gasteiger charge is 2.25. The number of methoxy groups -OCH3 is 1. The molecule has 29 heavy (non-hydrogen) atoms. The van der Waals surface area contributed by atoms with Crippen molar-refractivity contribution >= 4 is 23.4 Å². The van der Waals surface area contributed by atoms with Crippen molar-refractivity contribution < 1.29 is 18.7 Å². The van der Waals surface area contributed by atoms with Gasteiger partial charge in [0.2, 0.25) is 5.91 Å². The summed E-state index contributed by atoms with van der Waals surface area (Å²) in [7, 11) is 3.03. The molecule has 0 saturated carbocycles. The predicted octanol–water partition coefficient (Wildman–Crippen LogP) is 4.29. The molecule has 0 aliphatic carbocycles. The van der Waals surface area contributed by atoms with E-state index in [0.717, 1.165) is 0 Å². The van der Waals surface area contributed by atoms with E-state index in [2.05, 4.69) is 5.32 Å². The summed E-state index contributed by atoms with van der Waals surface area (Å²) in [5.41, 5.74) is 1.06. The fourth-order valence-electron chi connectivity index (χ4n) is 2.96. The van der Waals surface area contributed by atoms with Crippen LogP contribution in [0.25, 0.3) is 0 Å². The van der Waals surface area contributed by atoms with Crippen molar-refractivity contribution in [1.29, 1.82) is 0 Å².